The van der Waals surface area contributed by atoms with Crippen molar-refractivity contribution >= 4 is 33.3 Å². The van der Waals surface area contributed by atoms with Crippen molar-refractivity contribution in [2.45, 2.75) is 32.3 Å². The molecule has 2 atom stereocenters. The molecule has 0 aliphatic carbocycles. The molecule has 2 aliphatic heterocycles. The first-order chi connectivity index (χ1) is 12.5. The molecular weight excluding hydrogens is 350 g/mol. The number of carboxylic acids is 1. The number of fused-ring (bicyclic) bond motifs is 1. The SMILES string of the molecule is Cc1ccc2c(C(=O)N3CCC([C@@H]4OCCC4C(=O)O)CC3)csc2c1. The average Bonchev–Trinajstić information content (AvgIpc) is 3.28. The topological polar surface area (TPSA) is 66.8 Å². The van der Waals surface area contributed by atoms with Gasteiger partial charge in [-0.05, 0) is 43.7 Å². The molecule has 1 N–H and O–H groups in total. The zero-order valence-electron chi connectivity index (χ0n) is 14.8. The van der Waals surface area contributed by atoms with Crippen LogP contribution in [0.3, 0.4) is 0 Å². The third-order valence-corrected chi connectivity index (χ3v) is 6.65. The highest BCUT2D eigenvalue weighted by atomic mass is 32.1. The molecule has 1 amide bonds. The minimum absolute atomic E-state index is 0.0840. The van der Waals surface area contributed by atoms with E-state index < -0.39 is 11.9 Å². The molecule has 0 radical (unpaired) electrons. The highest BCUT2D eigenvalue weighted by molar-refractivity contribution is 7.17. The maximum Gasteiger partial charge on any atom is 0.309 e. The van der Waals surface area contributed by atoms with Gasteiger partial charge < -0.3 is 14.7 Å². The van der Waals surface area contributed by atoms with Crippen LogP contribution in [0.15, 0.2) is 23.6 Å². The molecule has 5 nitrogen and oxygen atoms in total. The Bertz CT molecular complexity index is 837. The van der Waals surface area contributed by atoms with E-state index in [1.165, 1.54) is 5.56 Å². The standard InChI is InChI=1S/C20H23NO4S/c1-12-2-3-14-16(11-26-17(14)10-12)19(22)21-7-4-13(5-8-21)18-15(20(23)24)6-9-25-18/h2-3,10-11,13,15,18H,4-9H2,1H3,(H,23,24)/t15?,18-/m0/s1. The second-order valence-corrected chi connectivity index (χ2v) is 8.26. The summed E-state index contributed by atoms with van der Waals surface area (Å²) in [6.07, 6.45) is 2.01. The van der Waals surface area contributed by atoms with Crippen LogP contribution in [0.2, 0.25) is 0 Å². The molecule has 2 saturated heterocycles. The van der Waals surface area contributed by atoms with Gasteiger partial charge in [0.05, 0.1) is 17.6 Å². The van der Waals surface area contributed by atoms with E-state index in [4.69, 9.17) is 4.74 Å². The molecule has 2 fully saturated rings. The van der Waals surface area contributed by atoms with Crippen molar-refractivity contribution in [2.24, 2.45) is 11.8 Å². The quantitative estimate of drug-likeness (QED) is 0.893. The monoisotopic (exact) mass is 373 g/mol. The number of aliphatic carboxylic acids is 1. The summed E-state index contributed by atoms with van der Waals surface area (Å²) in [6.45, 7) is 3.92. The van der Waals surface area contributed by atoms with Gasteiger partial charge in [0.25, 0.3) is 5.91 Å². The van der Waals surface area contributed by atoms with Crippen LogP contribution >= 0.6 is 11.3 Å². The van der Waals surface area contributed by atoms with Crippen LogP contribution in [0.5, 0.6) is 0 Å². The Labute approximate surface area is 156 Å². The Morgan fingerprint density at radius 2 is 2.00 bits per heavy atom. The van der Waals surface area contributed by atoms with E-state index in [2.05, 4.69) is 13.0 Å². The number of nitrogens with zero attached hydrogens (tertiary/aromatic N) is 1. The number of piperidine rings is 1. The van der Waals surface area contributed by atoms with Crippen LogP contribution in [0.25, 0.3) is 10.1 Å². The van der Waals surface area contributed by atoms with Gasteiger partial charge in [-0.25, -0.2) is 0 Å². The van der Waals surface area contributed by atoms with Crippen LogP contribution < -0.4 is 0 Å². The number of aryl methyl sites for hydroxylation is 1. The second kappa shape index (κ2) is 7.00. The predicted molar refractivity (Wildman–Crippen MR) is 101 cm³/mol. The number of likely N-dealkylation sites (tertiary alicyclic amines) is 1. The van der Waals surface area contributed by atoms with Gasteiger partial charge in [0.2, 0.25) is 0 Å². The van der Waals surface area contributed by atoms with Gasteiger partial charge in [-0.15, -0.1) is 11.3 Å². The summed E-state index contributed by atoms with van der Waals surface area (Å²) in [5.74, 6) is -0.845. The van der Waals surface area contributed by atoms with Crippen molar-refractivity contribution in [3.05, 3.63) is 34.7 Å². The molecule has 0 bridgehead atoms. The summed E-state index contributed by atoms with van der Waals surface area (Å²) < 4.78 is 6.87. The highest BCUT2D eigenvalue weighted by Crippen LogP contribution is 2.34. The Morgan fingerprint density at radius 3 is 2.73 bits per heavy atom. The fourth-order valence-corrected chi connectivity index (χ4v) is 5.27. The van der Waals surface area contributed by atoms with E-state index in [9.17, 15) is 14.7 Å². The van der Waals surface area contributed by atoms with Crippen LogP contribution in [-0.2, 0) is 9.53 Å². The smallest absolute Gasteiger partial charge is 0.309 e. The number of benzene rings is 1. The van der Waals surface area contributed by atoms with Crippen molar-refractivity contribution in [3.63, 3.8) is 0 Å². The molecular formula is C20H23NO4S. The van der Waals surface area contributed by atoms with Gasteiger partial charge >= 0.3 is 5.97 Å². The third-order valence-electron chi connectivity index (χ3n) is 5.71. The Balaban J connectivity index is 1.44. The van der Waals surface area contributed by atoms with Crippen LogP contribution in [0.1, 0.15) is 35.2 Å². The van der Waals surface area contributed by atoms with Gasteiger partial charge in [0, 0.05) is 35.2 Å². The number of carbonyl (C=O) groups is 2. The van der Waals surface area contributed by atoms with Crippen molar-refractivity contribution in [3.8, 4) is 0 Å². The van der Waals surface area contributed by atoms with Gasteiger partial charge in [-0.1, -0.05) is 12.1 Å². The van der Waals surface area contributed by atoms with Gasteiger partial charge in [0.1, 0.15) is 0 Å². The number of hydrogen-bond donors (Lipinski definition) is 1. The largest absolute Gasteiger partial charge is 0.481 e. The maximum atomic E-state index is 13.0. The van der Waals surface area contributed by atoms with E-state index in [1.807, 2.05) is 22.4 Å². The lowest BCUT2D eigenvalue weighted by Gasteiger charge is -2.35. The molecule has 26 heavy (non-hydrogen) atoms. The van der Waals surface area contributed by atoms with E-state index in [1.54, 1.807) is 11.3 Å². The number of carboxylic acid groups (broad SMARTS) is 1. The zero-order chi connectivity index (χ0) is 18.3. The lowest BCUT2D eigenvalue weighted by molar-refractivity contribution is -0.145. The molecule has 1 aromatic carbocycles. The fraction of sp³-hybridized carbons (Fsp3) is 0.500. The number of carbonyl (C=O) groups excluding carboxylic acids is 1. The van der Waals surface area contributed by atoms with Crippen LogP contribution in [0, 0.1) is 18.8 Å². The first kappa shape index (κ1) is 17.5. The summed E-state index contributed by atoms with van der Waals surface area (Å²) in [4.78, 5) is 26.3. The molecule has 4 rings (SSSR count). The van der Waals surface area contributed by atoms with Crippen LogP contribution in [0.4, 0.5) is 0 Å². The third kappa shape index (κ3) is 3.12. The van der Waals surface area contributed by atoms with Crippen LogP contribution in [-0.4, -0.2) is 47.7 Å². The normalized spacial score (nSPS) is 24.3. The number of thiophene rings is 1. The van der Waals surface area contributed by atoms with Gasteiger partial charge in [-0.2, -0.15) is 0 Å². The molecule has 6 heteroatoms. The molecule has 1 unspecified atom stereocenters. The molecule has 138 valence electrons. The Hall–Kier alpha value is -1.92. The molecule has 0 saturated carbocycles. The summed E-state index contributed by atoms with van der Waals surface area (Å²) in [5, 5.41) is 12.3. The Kier molecular flexibility index (Phi) is 4.71. The predicted octanol–water partition coefficient (Wildman–Crippen LogP) is 3.55. The number of rotatable bonds is 3. The molecule has 2 aliphatic rings. The zero-order valence-corrected chi connectivity index (χ0v) is 15.6. The Morgan fingerprint density at radius 1 is 1.23 bits per heavy atom. The van der Waals surface area contributed by atoms with Crippen molar-refractivity contribution in [1.82, 2.24) is 4.90 Å². The molecule has 3 heterocycles. The van der Waals surface area contributed by atoms with E-state index in [0.29, 0.717) is 26.1 Å². The number of amides is 1. The van der Waals surface area contributed by atoms with E-state index >= 15 is 0 Å². The summed E-state index contributed by atoms with van der Waals surface area (Å²) in [6, 6.07) is 6.19. The summed E-state index contributed by atoms with van der Waals surface area (Å²) in [7, 11) is 0. The van der Waals surface area contributed by atoms with Crippen molar-refractivity contribution < 1.29 is 19.4 Å². The van der Waals surface area contributed by atoms with Crippen molar-refractivity contribution in [2.75, 3.05) is 19.7 Å². The van der Waals surface area contributed by atoms with E-state index in [-0.39, 0.29) is 17.9 Å². The maximum absolute atomic E-state index is 13.0. The summed E-state index contributed by atoms with van der Waals surface area (Å²) in [5.41, 5.74) is 1.98. The van der Waals surface area contributed by atoms with E-state index in [0.717, 1.165) is 28.5 Å². The molecule has 1 aromatic heterocycles. The lowest BCUT2D eigenvalue weighted by atomic mass is 9.84. The van der Waals surface area contributed by atoms with Crippen molar-refractivity contribution in [1.29, 1.82) is 0 Å². The summed E-state index contributed by atoms with van der Waals surface area (Å²) >= 11 is 1.61. The highest BCUT2D eigenvalue weighted by Gasteiger charge is 2.40. The molecule has 2 aromatic rings. The van der Waals surface area contributed by atoms with Gasteiger partial charge in [0.15, 0.2) is 0 Å². The molecule has 0 spiro atoms. The second-order valence-electron chi connectivity index (χ2n) is 7.35. The fourth-order valence-electron chi connectivity index (χ4n) is 4.24. The number of ether oxygens (including phenoxy) is 1. The minimum Gasteiger partial charge on any atom is -0.481 e. The lowest BCUT2D eigenvalue weighted by Crippen LogP contribution is -2.43. The minimum atomic E-state index is -0.758. The first-order valence-corrected chi connectivity index (χ1v) is 10.0. The first-order valence-electron chi connectivity index (χ1n) is 9.16. The van der Waals surface area contributed by atoms with Gasteiger partial charge in [-0.3, -0.25) is 9.59 Å². The number of hydrogen-bond acceptors (Lipinski definition) is 4. The average molecular weight is 373 g/mol.